The van der Waals surface area contributed by atoms with Crippen molar-refractivity contribution >= 4 is 11.6 Å². The maximum Gasteiger partial charge on any atom is 0.224 e. The van der Waals surface area contributed by atoms with Crippen molar-refractivity contribution in [3.05, 3.63) is 29.8 Å². The highest BCUT2D eigenvalue weighted by Gasteiger charge is 2.15. The van der Waals surface area contributed by atoms with E-state index in [1.165, 1.54) is 6.42 Å². The third-order valence-electron chi connectivity index (χ3n) is 3.63. The zero-order chi connectivity index (χ0) is 14.2. The second kappa shape index (κ2) is 8.02. The fourth-order valence-corrected chi connectivity index (χ4v) is 2.48. The summed E-state index contributed by atoms with van der Waals surface area (Å²) < 4.78 is 5.37. The Kier molecular flexibility index (Phi) is 6.02. The van der Waals surface area contributed by atoms with Gasteiger partial charge in [0.2, 0.25) is 5.91 Å². The van der Waals surface area contributed by atoms with Gasteiger partial charge in [0.05, 0.1) is 6.61 Å². The molecule has 4 heteroatoms. The van der Waals surface area contributed by atoms with E-state index in [0.29, 0.717) is 25.6 Å². The Morgan fingerprint density at radius 3 is 3.15 bits per heavy atom. The molecule has 4 nitrogen and oxygen atoms in total. The van der Waals surface area contributed by atoms with Crippen LogP contribution in [0, 0.1) is 5.92 Å². The van der Waals surface area contributed by atoms with E-state index in [1.54, 1.807) is 0 Å². The fraction of sp³-hybridized carbons (Fsp3) is 0.562. The minimum Gasteiger partial charge on any atom is -0.377 e. The Balaban J connectivity index is 1.77. The molecule has 20 heavy (non-hydrogen) atoms. The average Bonchev–Trinajstić information content (AvgIpc) is 2.97. The smallest absolute Gasteiger partial charge is 0.224 e. The molecular formula is C16H24N2O2. The largest absolute Gasteiger partial charge is 0.377 e. The monoisotopic (exact) mass is 276 g/mol. The Bertz CT molecular complexity index is 428. The van der Waals surface area contributed by atoms with Crippen LogP contribution in [0.1, 0.15) is 31.7 Å². The van der Waals surface area contributed by atoms with Crippen LogP contribution in [0.5, 0.6) is 0 Å². The van der Waals surface area contributed by atoms with E-state index in [0.717, 1.165) is 30.8 Å². The van der Waals surface area contributed by atoms with E-state index >= 15 is 0 Å². The van der Waals surface area contributed by atoms with Crippen molar-refractivity contribution in [1.29, 1.82) is 0 Å². The van der Waals surface area contributed by atoms with Gasteiger partial charge in [-0.15, -0.1) is 0 Å². The number of hydrogen-bond acceptors (Lipinski definition) is 3. The lowest BCUT2D eigenvalue weighted by molar-refractivity contribution is -0.116. The number of anilines is 1. The van der Waals surface area contributed by atoms with Crippen LogP contribution in [0.2, 0.25) is 0 Å². The number of hydrogen-bond donors (Lipinski definition) is 2. The average molecular weight is 276 g/mol. The normalized spacial score (nSPS) is 18.1. The van der Waals surface area contributed by atoms with Gasteiger partial charge >= 0.3 is 0 Å². The Labute approximate surface area is 120 Å². The summed E-state index contributed by atoms with van der Waals surface area (Å²) in [6.07, 6.45) is 2.76. The van der Waals surface area contributed by atoms with Crippen LogP contribution >= 0.6 is 0 Å². The lowest BCUT2D eigenvalue weighted by Crippen LogP contribution is -2.15. The second-order valence-corrected chi connectivity index (χ2v) is 5.28. The fourth-order valence-electron chi connectivity index (χ4n) is 2.48. The number of ether oxygens (including phenoxy) is 1. The topological polar surface area (TPSA) is 50.4 Å². The van der Waals surface area contributed by atoms with Crippen molar-refractivity contribution in [1.82, 2.24) is 5.32 Å². The van der Waals surface area contributed by atoms with E-state index in [9.17, 15) is 4.79 Å². The van der Waals surface area contributed by atoms with Gasteiger partial charge in [0.1, 0.15) is 0 Å². The van der Waals surface area contributed by atoms with Crippen LogP contribution < -0.4 is 10.6 Å². The number of nitrogens with one attached hydrogen (secondary N) is 2. The third-order valence-corrected chi connectivity index (χ3v) is 3.63. The Morgan fingerprint density at radius 1 is 1.50 bits per heavy atom. The summed E-state index contributed by atoms with van der Waals surface area (Å²) in [5.74, 6) is 0.760. The van der Waals surface area contributed by atoms with E-state index in [2.05, 4.69) is 10.6 Å². The highest BCUT2D eigenvalue weighted by molar-refractivity contribution is 5.90. The standard InChI is InChI=1S/C16H24N2O2/c1-2-20-12-14-4-3-5-15(10-14)18-16(19)7-6-13-8-9-17-11-13/h3-5,10,13,17H,2,6-9,11-12H2,1H3,(H,18,19). The van der Waals surface area contributed by atoms with Crippen LogP contribution in [0.25, 0.3) is 0 Å². The number of amides is 1. The molecule has 1 aliphatic heterocycles. The maximum atomic E-state index is 11.9. The molecule has 0 radical (unpaired) electrons. The molecule has 1 amide bonds. The molecule has 0 aromatic heterocycles. The second-order valence-electron chi connectivity index (χ2n) is 5.28. The summed E-state index contributed by atoms with van der Waals surface area (Å²) >= 11 is 0. The summed E-state index contributed by atoms with van der Waals surface area (Å²) in [7, 11) is 0. The summed E-state index contributed by atoms with van der Waals surface area (Å²) in [5.41, 5.74) is 1.95. The van der Waals surface area contributed by atoms with E-state index in [4.69, 9.17) is 4.74 Å². The minimum absolute atomic E-state index is 0.102. The zero-order valence-electron chi connectivity index (χ0n) is 12.2. The quantitative estimate of drug-likeness (QED) is 0.804. The molecule has 2 N–H and O–H groups in total. The number of carbonyl (C=O) groups excluding carboxylic acids is 1. The molecule has 0 aliphatic carbocycles. The highest BCUT2D eigenvalue weighted by atomic mass is 16.5. The van der Waals surface area contributed by atoms with Crippen molar-refractivity contribution in [2.75, 3.05) is 25.0 Å². The summed E-state index contributed by atoms with van der Waals surface area (Å²) in [5, 5.41) is 6.29. The number of carbonyl (C=O) groups is 1. The van der Waals surface area contributed by atoms with Gasteiger partial charge in [0.25, 0.3) is 0 Å². The van der Waals surface area contributed by atoms with Crippen molar-refractivity contribution in [3.63, 3.8) is 0 Å². The molecule has 0 bridgehead atoms. The first-order valence-corrected chi connectivity index (χ1v) is 7.45. The van der Waals surface area contributed by atoms with Crippen LogP contribution in [-0.2, 0) is 16.1 Å². The third kappa shape index (κ3) is 4.94. The van der Waals surface area contributed by atoms with Gasteiger partial charge in [0, 0.05) is 18.7 Å². The number of benzene rings is 1. The van der Waals surface area contributed by atoms with Crippen molar-refractivity contribution in [3.8, 4) is 0 Å². The molecule has 1 atom stereocenters. The molecule has 2 rings (SSSR count). The predicted molar refractivity (Wildman–Crippen MR) is 80.6 cm³/mol. The first-order valence-electron chi connectivity index (χ1n) is 7.45. The van der Waals surface area contributed by atoms with Gasteiger partial charge in [-0.25, -0.2) is 0 Å². The maximum absolute atomic E-state index is 11.9. The van der Waals surface area contributed by atoms with Gasteiger partial charge in [-0.05, 0) is 56.5 Å². The van der Waals surface area contributed by atoms with Gasteiger partial charge in [-0.1, -0.05) is 12.1 Å². The molecule has 0 spiro atoms. The van der Waals surface area contributed by atoms with E-state index in [1.807, 2.05) is 31.2 Å². The molecule has 110 valence electrons. The van der Waals surface area contributed by atoms with Crippen LogP contribution in [0.3, 0.4) is 0 Å². The first kappa shape index (κ1) is 15.0. The summed E-state index contributed by atoms with van der Waals surface area (Å²) in [6, 6.07) is 7.86. The Hall–Kier alpha value is -1.39. The number of rotatable bonds is 7. The van der Waals surface area contributed by atoms with Crippen molar-refractivity contribution in [2.24, 2.45) is 5.92 Å². The van der Waals surface area contributed by atoms with E-state index in [-0.39, 0.29) is 5.91 Å². The predicted octanol–water partition coefficient (Wildman–Crippen LogP) is 2.55. The molecule has 0 saturated carbocycles. The first-order chi connectivity index (χ1) is 9.78. The molecule has 1 heterocycles. The Morgan fingerprint density at radius 2 is 2.40 bits per heavy atom. The zero-order valence-corrected chi connectivity index (χ0v) is 12.2. The lowest BCUT2D eigenvalue weighted by Gasteiger charge is -2.10. The molecule has 1 aromatic rings. The molecule has 1 aliphatic rings. The van der Waals surface area contributed by atoms with Crippen LogP contribution in [0.4, 0.5) is 5.69 Å². The van der Waals surface area contributed by atoms with Gasteiger partial charge in [0.15, 0.2) is 0 Å². The van der Waals surface area contributed by atoms with Crippen LogP contribution in [-0.4, -0.2) is 25.6 Å². The molecule has 1 fully saturated rings. The molecule has 1 unspecified atom stereocenters. The van der Waals surface area contributed by atoms with Gasteiger partial charge in [-0.3, -0.25) is 4.79 Å². The molecular weight excluding hydrogens is 252 g/mol. The van der Waals surface area contributed by atoms with Crippen molar-refractivity contribution < 1.29 is 9.53 Å². The van der Waals surface area contributed by atoms with Gasteiger partial charge < -0.3 is 15.4 Å². The van der Waals surface area contributed by atoms with Crippen molar-refractivity contribution in [2.45, 2.75) is 32.8 Å². The lowest BCUT2D eigenvalue weighted by atomic mass is 10.0. The van der Waals surface area contributed by atoms with E-state index < -0.39 is 0 Å². The highest BCUT2D eigenvalue weighted by Crippen LogP contribution is 2.16. The SMILES string of the molecule is CCOCc1cccc(NC(=O)CCC2CCNC2)c1. The molecule has 1 saturated heterocycles. The van der Waals surface area contributed by atoms with Gasteiger partial charge in [-0.2, -0.15) is 0 Å². The van der Waals surface area contributed by atoms with Crippen LogP contribution in [0.15, 0.2) is 24.3 Å². The summed E-state index contributed by atoms with van der Waals surface area (Å²) in [6.45, 7) is 5.41. The minimum atomic E-state index is 0.102. The summed E-state index contributed by atoms with van der Waals surface area (Å²) in [4.78, 5) is 11.9. The molecule has 1 aromatic carbocycles.